The van der Waals surface area contributed by atoms with E-state index in [-0.39, 0.29) is 12.3 Å². The van der Waals surface area contributed by atoms with Crippen molar-refractivity contribution < 1.29 is 4.79 Å². The molecule has 2 aromatic carbocycles. The van der Waals surface area contributed by atoms with Crippen molar-refractivity contribution in [2.75, 3.05) is 11.1 Å². The van der Waals surface area contributed by atoms with Gasteiger partial charge >= 0.3 is 0 Å². The second-order valence-electron chi connectivity index (χ2n) is 5.17. The molecule has 0 spiro atoms. The summed E-state index contributed by atoms with van der Waals surface area (Å²) in [5, 5.41) is 12.6. The fraction of sp³-hybridized carbons (Fsp3) is 0.0556. The molecule has 1 heterocycles. The average molecular weight is 302 g/mol. The van der Waals surface area contributed by atoms with E-state index in [4.69, 9.17) is 11.0 Å². The molecule has 1 amide bonds. The molecule has 0 aliphatic carbocycles. The average Bonchev–Trinajstić information content (AvgIpc) is 2.55. The molecule has 0 atom stereocenters. The molecule has 5 nitrogen and oxygen atoms in total. The quantitative estimate of drug-likeness (QED) is 0.728. The van der Waals surface area contributed by atoms with Gasteiger partial charge in [-0.15, -0.1) is 0 Å². The van der Waals surface area contributed by atoms with E-state index in [9.17, 15) is 4.79 Å². The van der Waals surface area contributed by atoms with Crippen molar-refractivity contribution >= 4 is 28.2 Å². The van der Waals surface area contributed by atoms with E-state index < -0.39 is 0 Å². The number of carbonyl (C=O) groups excluding carboxylic acids is 1. The van der Waals surface area contributed by atoms with Crippen molar-refractivity contribution in [3.8, 4) is 6.07 Å². The van der Waals surface area contributed by atoms with Crippen LogP contribution >= 0.6 is 0 Å². The van der Waals surface area contributed by atoms with Crippen molar-refractivity contribution in [2.45, 2.75) is 6.42 Å². The van der Waals surface area contributed by atoms with Crippen LogP contribution in [0, 0.1) is 11.3 Å². The molecule has 5 heteroatoms. The number of nitrogens with two attached hydrogens (primary N) is 1. The smallest absolute Gasteiger partial charge is 0.230 e. The highest BCUT2D eigenvalue weighted by molar-refractivity contribution is 5.92. The number of nitrogen functional groups attached to an aromatic ring is 1. The highest BCUT2D eigenvalue weighted by Gasteiger charge is 2.07. The number of amides is 1. The molecular formula is C18H14N4O. The van der Waals surface area contributed by atoms with Crippen LogP contribution in [0.3, 0.4) is 0 Å². The van der Waals surface area contributed by atoms with Gasteiger partial charge in [-0.1, -0.05) is 12.1 Å². The van der Waals surface area contributed by atoms with Crippen LogP contribution in [0.4, 0.5) is 11.4 Å². The minimum Gasteiger partial charge on any atom is -0.399 e. The first-order chi connectivity index (χ1) is 11.1. The maximum absolute atomic E-state index is 12.1. The van der Waals surface area contributed by atoms with Gasteiger partial charge in [0.2, 0.25) is 5.91 Å². The first kappa shape index (κ1) is 14.5. The van der Waals surface area contributed by atoms with Crippen molar-refractivity contribution in [3.05, 3.63) is 65.9 Å². The van der Waals surface area contributed by atoms with Crippen LogP contribution in [0.5, 0.6) is 0 Å². The Bertz CT molecular complexity index is 928. The number of benzene rings is 2. The van der Waals surface area contributed by atoms with Crippen LogP contribution in [0.2, 0.25) is 0 Å². The first-order valence-electron chi connectivity index (χ1n) is 7.09. The number of nitrogens with one attached hydrogen (secondary N) is 1. The summed E-state index contributed by atoms with van der Waals surface area (Å²) in [4.78, 5) is 16.6. The predicted octanol–water partition coefficient (Wildman–Crippen LogP) is 2.87. The molecule has 0 aliphatic rings. The Labute approximate surface area is 133 Å². The van der Waals surface area contributed by atoms with E-state index in [1.54, 1.807) is 30.3 Å². The fourth-order valence-corrected chi connectivity index (χ4v) is 2.32. The summed E-state index contributed by atoms with van der Waals surface area (Å²) in [5.41, 5.74) is 9.00. The van der Waals surface area contributed by atoms with Gasteiger partial charge in [0.25, 0.3) is 0 Å². The standard InChI is InChI=1S/C18H14N4O/c19-11-12-2-1-3-15(8-12)22-18(23)10-16-6-4-13-9-14(20)5-7-17(13)21-16/h1-9H,10,20H2,(H,22,23). The lowest BCUT2D eigenvalue weighted by molar-refractivity contribution is -0.115. The van der Waals surface area contributed by atoms with E-state index in [0.717, 1.165) is 10.9 Å². The molecule has 3 N–H and O–H groups in total. The summed E-state index contributed by atoms with van der Waals surface area (Å²) in [6.07, 6.45) is 0.164. The first-order valence-corrected chi connectivity index (χ1v) is 7.09. The van der Waals surface area contributed by atoms with Crippen LogP contribution in [0.1, 0.15) is 11.3 Å². The summed E-state index contributed by atoms with van der Waals surface area (Å²) in [5.74, 6) is -0.178. The minimum absolute atomic E-state index is 0.164. The molecule has 0 saturated carbocycles. The Morgan fingerprint density at radius 1 is 1.17 bits per heavy atom. The van der Waals surface area contributed by atoms with Gasteiger partial charge in [0.15, 0.2) is 0 Å². The van der Waals surface area contributed by atoms with Crippen molar-refractivity contribution in [1.29, 1.82) is 5.26 Å². The summed E-state index contributed by atoms with van der Waals surface area (Å²) < 4.78 is 0. The van der Waals surface area contributed by atoms with E-state index >= 15 is 0 Å². The summed E-state index contributed by atoms with van der Waals surface area (Å²) >= 11 is 0. The number of hydrogen-bond acceptors (Lipinski definition) is 4. The number of carbonyl (C=O) groups is 1. The van der Waals surface area contributed by atoms with Gasteiger partial charge in [-0.3, -0.25) is 9.78 Å². The summed E-state index contributed by atoms with van der Waals surface area (Å²) in [7, 11) is 0. The van der Waals surface area contributed by atoms with Crippen LogP contribution in [0.15, 0.2) is 54.6 Å². The Kier molecular flexibility index (Phi) is 3.89. The lowest BCUT2D eigenvalue weighted by Gasteiger charge is -2.06. The summed E-state index contributed by atoms with van der Waals surface area (Å²) in [6.45, 7) is 0. The van der Waals surface area contributed by atoms with Crippen molar-refractivity contribution in [3.63, 3.8) is 0 Å². The second kappa shape index (κ2) is 6.16. The number of nitriles is 1. The Morgan fingerprint density at radius 2 is 2.04 bits per heavy atom. The molecule has 0 radical (unpaired) electrons. The Hall–Kier alpha value is -3.39. The molecule has 1 aromatic heterocycles. The topological polar surface area (TPSA) is 91.8 Å². The number of rotatable bonds is 3. The zero-order valence-corrected chi connectivity index (χ0v) is 12.3. The Balaban J connectivity index is 1.74. The van der Waals surface area contributed by atoms with Gasteiger partial charge in [-0.05, 0) is 42.5 Å². The predicted molar refractivity (Wildman–Crippen MR) is 89.6 cm³/mol. The van der Waals surface area contributed by atoms with Gasteiger partial charge in [-0.25, -0.2) is 0 Å². The van der Waals surface area contributed by atoms with Crippen LogP contribution < -0.4 is 11.1 Å². The van der Waals surface area contributed by atoms with Crippen molar-refractivity contribution in [2.24, 2.45) is 0 Å². The number of hydrogen-bond donors (Lipinski definition) is 2. The minimum atomic E-state index is -0.178. The van der Waals surface area contributed by atoms with Crippen LogP contribution in [-0.2, 0) is 11.2 Å². The molecule has 0 bridgehead atoms. The monoisotopic (exact) mass is 302 g/mol. The molecular weight excluding hydrogens is 288 g/mol. The summed E-state index contributed by atoms with van der Waals surface area (Å²) in [6, 6.07) is 18.0. The number of anilines is 2. The van der Waals surface area contributed by atoms with Gasteiger partial charge < -0.3 is 11.1 Å². The number of pyridine rings is 1. The third-order valence-corrected chi connectivity index (χ3v) is 3.39. The molecule has 3 rings (SSSR count). The third-order valence-electron chi connectivity index (χ3n) is 3.39. The third kappa shape index (κ3) is 3.44. The molecule has 23 heavy (non-hydrogen) atoms. The van der Waals surface area contributed by atoms with Crippen LogP contribution in [0.25, 0.3) is 10.9 Å². The molecule has 112 valence electrons. The molecule has 0 fully saturated rings. The molecule has 0 saturated heterocycles. The lowest BCUT2D eigenvalue weighted by Crippen LogP contribution is -2.15. The van der Waals surface area contributed by atoms with Gasteiger partial charge in [0, 0.05) is 16.8 Å². The van der Waals surface area contributed by atoms with Crippen molar-refractivity contribution in [1.82, 2.24) is 4.98 Å². The zero-order valence-electron chi connectivity index (χ0n) is 12.3. The highest BCUT2D eigenvalue weighted by Crippen LogP contribution is 2.16. The molecule has 3 aromatic rings. The fourth-order valence-electron chi connectivity index (χ4n) is 2.32. The number of aromatic nitrogens is 1. The largest absolute Gasteiger partial charge is 0.399 e. The number of fused-ring (bicyclic) bond motifs is 1. The van der Waals surface area contributed by atoms with E-state index in [1.807, 2.05) is 30.3 Å². The maximum Gasteiger partial charge on any atom is 0.230 e. The lowest BCUT2D eigenvalue weighted by atomic mass is 10.1. The number of nitrogens with zero attached hydrogens (tertiary/aromatic N) is 2. The second-order valence-corrected chi connectivity index (χ2v) is 5.17. The highest BCUT2D eigenvalue weighted by atomic mass is 16.1. The maximum atomic E-state index is 12.1. The van der Waals surface area contributed by atoms with Gasteiger partial charge in [0.05, 0.1) is 29.3 Å². The molecule has 0 aliphatic heterocycles. The van der Waals surface area contributed by atoms with Gasteiger partial charge in [-0.2, -0.15) is 5.26 Å². The van der Waals surface area contributed by atoms with E-state index in [2.05, 4.69) is 10.3 Å². The SMILES string of the molecule is N#Cc1cccc(NC(=O)Cc2ccc3cc(N)ccc3n2)c1. The zero-order chi connectivity index (χ0) is 16.2. The normalized spacial score (nSPS) is 10.2. The molecule has 0 unspecified atom stereocenters. The van der Waals surface area contributed by atoms with E-state index in [1.165, 1.54) is 0 Å². The Morgan fingerprint density at radius 3 is 2.87 bits per heavy atom. The van der Waals surface area contributed by atoms with E-state index in [0.29, 0.717) is 22.6 Å². The van der Waals surface area contributed by atoms with Gasteiger partial charge in [0.1, 0.15) is 0 Å². The van der Waals surface area contributed by atoms with Crippen LogP contribution in [-0.4, -0.2) is 10.9 Å².